The molecule has 2 aromatic carbocycles. The average Bonchev–Trinajstić information content (AvgIpc) is 3.56. The van der Waals surface area contributed by atoms with Gasteiger partial charge in [-0.05, 0) is 62.1 Å². The summed E-state index contributed by atoms with van der Waals surface area (Å²) in [6.07, 6.45) is 3.52. The lowest BCUT2D eigenvalue weighted by atomic mass is 9.98. The zero-order chi connectivity index (χ0) is 23.0. The Morgan fingerprint density at radius 1 is 1.12 bits per heavy atom. The van der Waals surface area contributed by atoms with Gasteiger partial charge in [0.25, 0.3) is 0 Å². The molecule has 2 aliphatic rings. The fourth-order valence-corrected chi connectivity index (χ4v) is 5.70. The molecule has 10 heteroatoms. The number of hydrogen-bond donors (Lipinski definition) is 2. The highest BCUT2D eigenvalue weighted by Crippen LogP contribution is 2.38. The maximum Gasteiger partial charge on any atom is 0.243 e. The lowest BCUT2D eigenvalue weighted by molar-refractivity contribution is -0.120. The zero-order valence-electron chi connectivity index (χ0n) is 17.9. The van der Waals surface area contributed by atoms with Crippen molar-refractivity contribution in [1.29, 1.82) is 0 Å². The van der Waals surface area contributed by atoms with Gasteiger partial charge in [0, 0.05) is 35.3 Å². The van der Waals surface area contributed by atoms with Gasteiger partial charge in [-0.1, -0.05) is 23.7 Å². The zero-order valence-corrected chi connectivity index (χ0v) is 19.4. The summed E-state index contributed by atoms with van der Waals surface area (Å²) in [6.45, 7) is 0.528. The van der Waals surface area contributed by atoms with Crippen LogP contribution in [0.15, 0.2) is 53.4 Å². The van der Waals surface area contributed by atoms with E-state index in [1.54, 1.807) is 18.2 Å². The first kappa shape index (κ1) is 22.1. The van der Waals surface area contributed by atoms with Crippen LogP contribution in [0.2, 0.25) is 5.02 Å². The molecule has 1 saturated carbocycles. The molecule has 1 atom stereocenters. The third-order valence-corrected chi connectivity index (χ3v) is 8.19. The van der Waals surface area contributed by atoms with Gasteiger partial charge in [0.15, 0.2) is 5.82 Å². The number of halogens is 1. The van der Waals surface area contributed by atoms with Crippen molar-refractivity contribution in [1.82, 2.24) is 19.5 Å². The molecule has 0 bridgehead atoms. The number of amides is 1. The number of sulfonamides is 1. The van der Waals surface area contributed by atoms with Crippen LogP contribution in [0.25, 0.3) is 11.4 Å². The number of carbonyl (C=O) groups is 1. The molecule has 2 fully saturated rings. The topological polar surface area (TPSA) is 108 Å². The summed E-state index contributed by atoms with van der Waals surface area (Å²) in [5, 5.41) is 10.7. The van der Waals surface area contributed by atoms with Gasteiger partial charge in [-0.2, -0.15) is 9.40 Å². The smallest absolute Gasteiger partial charge is 0.243 e. The van der Waals surface area contributed by atoms with E-state index in [0.29, 0.717) is 41.8 Å². The van der Waals surface area contributed by atoms with E-state index in [1.807, 2.05) is 18.2 Å². The normalized spacial score (nSPS) is 19.4. The molecule has 2 N–H and O–H groups in total. The number of hydrogen-bond acceptors (Lipinski definition) is 5. The van der Waals surface area contributed by atoms with Crippen molar-refractivity contribution >= 4 is 33.2 Å². The van der Waals surface area contributed by atoms with E-state index in [2.05, 4.69) is 20.5 Å². The van der Waals surface area contributed by atoms with Gasteiger partial charge in [0.05, 0.1) is 10.8 Å². The molecular weight excluding hydrogens is 462 g/mol. The van der Waals surface area contributed by atoms with Gasteiger partial charge in [-0.15, -0.1) is 0 Å². The summed E-state index contributed by atoms with van der Waals surface area (Å²) in [5.74, 6) is 1.35. The summed E-state index contributed by atoms with van der Waals surface area (Å²) in [7, 11) is -3.69. The van der Waals surface area contributed by atoms with Crippen LogP contribution in [0.1, 0.15) is 37.4 Å². The van der Waals surface area contributed by atoms with Crippen molar-refractivity contribution in [3.8, 4) is 11.4 Å². The summed E-state index contributed by atoms with van der Waals surface area (Å²) in [6, 6.07) is 13.5. The van der Waals surface area contributed by atoms with Crippen LogP contribution in [-0.2, 0) is 14.8 Å². The monoisotopic (exact) mass is 485 g/mol. The van der Waals surface area contributed by atoms with Crippen LogP contribution in [0, 0.1) is 5.92 Å². The van der Waals surface area contributed by atoms with Crippen molar-refractivity contribution in [2.24, 2.45) is 5.92 Å². The highest BCUT2D eigenvalue weighted by molar-refractivity contribution is 7.89. The lowest BCUT2D eigenvalue weighted by Gasteiger charge is -2.31. The maximum atomic E-state index is 13.0. The minimum Gasteiger partial charge on any atom is -0.326 e. The Morgan fingerprint density at radius 2 is 1.91 bits per heavy atom. The second-order valence-electron chi connectivity index (χ2n) is 8.54. The summed E-state index contributed by atoms with van der Waals surface area (Å²) >= 11 is 5.89. The molecular formula is C23H24ClN5O3S. The predicted molar refractivity (Wildman–Crippen MR) is 125 cm³/mol. The summed E-state index contributed by atoms with van der Waals surface area (Å²) in [4.78, 5) is 17.7. The van der Waals surface area contributed by atoms with Crippen LogP contribution in [0.5, 0.6) is 0 Å². The van der Waals surface area contributed by atoms with Crippen molar-refractivity contribution in [3.63, 3.8) is 0 Å². The highest BCUT2D eigenvalue weighted by Gasteiger charge is 2.33. The molecule has 1 amide bonds. The predicted octanol–water partition coefficient (Wildman–Crippen LogP) is 4.04. The number of H-pyrrole nitrogens is 1. The number of nitrogens with one attached hydrogen (secondary N) is 2. The SMILES string of the molecule is O=C(Nc1cccc(-c2n[nH]c(C3CC3)n2)c1)C1CCCN(S(=O)(=O)c2ccc(Cl)cc2)C1. The molecule has 33 heavy (non-hydrogen) atoms. The number of anilines is 1. The van der Waals surface area contributed by atoms with Crippen molar-refractivity contribution < 1.29 is 13.2 Å². The molecule has 2 heterocycles. The van der Waals surface area contributed by atoms with E-state index >= 15 is 0 Å². The average molecular weight is 486 g/mol. The van der Waals surface area contributed by atoms with Crippen molar-refractivity contribution in [3.05, 3.63) is 59.4 Å². The van der Waals surface area contributed by atoms with E-state index in [1.165, 1.54) is 16.4 Å². The molecule has 1 unspecified atom stereocenters. The van der Waals surface area contributed by atoms with Gasteiger partial charge in [0.1, 0.15) is 5.82 Å². The summed E-state index contributed by atoms with van der Waals surface area (Å²) in [5.41, 5.74) is 1.44. The molecule has 0 spiro atoms. The minimum absolute atomic E-state index is 0.141. The molecule has 1 aliphatic heterocycles. The third kappa shape index (κ3) is 4.80. The van der Waals surface area contributed by atoms with Crippen LogP contribution in [0.3, 0.4) is 0 Å². The Balaban J connectivity index is 1.27. The number of benzene rings is 2. The quantitative estimate of drug-likeness (QED) is 0.547. The first-order valence-corrected chi connectivity index (χ1v) is 12.8. The molecule has 172 valence electrons. The van der Waals surface area contributed by atoms with E-state index in [4.69, 9.17) is 11.6 Å². The molecule has 0 radical (unpaired) electrons. The maximum absolute atomic E-state index is 13.0. The third-order valence-electron chi connectivity index (χ3n) is 6.06. The van der Waals surface area contributed by atoms with E-state index in [9.17, 15) is 13.2 Å². The van der Waals surface area contributed by atoms with Crippen molar-refractivity contribution in [2.45, 2.75) is 36.5 Å². The van der Waals surface area contributed by atoms with Gasteiger partial charge < -0.3 is 5.32 Å². The number of piperidine rings is 1. The van der Waals surface area contributed by atoms with Crippen LogP contribution in [-0.4, -0.2) is 46.9 Å². The Labute approximate surface area is 197 Å². The molecule has 5 rings (SSSR count). The van der Waals surface area contributed by atoms with E-state index in [0.717, 1.165) is 24.2 Å². The second kappa shape index (κ2) is 8.89. The van der Waals surface area contributed by atoms with Gasteiger partial charge in [0.2, 0.25) is 15.9 Å². The Bertz CT molecular complexity index is 1270. The molecule has 1 aliphatic carbocycles. The first-order valence-electron chi connectivity index (χ1n) is 11.0. The first-order chi connectivity index (χ1) is 15.9. The van der Waals surface area contributed by atoms with Gasteiger partial charge in [-0.25, -0.2) is 13.4 Å². The van der Waals surface area contributed by atoms with Crippen LogP contribution < -0.4 is 5.32 Å². The minimum atomic E-state index is -3.69. The Hall–Kier alpha value is -2.75. The van der Waals surface area contributed by atoms with Gasteiger partial charge >= 0.3 is 0 Å². The number of nitrogens with zero attached hydrogens (tertiary/aromatic N) is 3. The van der Waals surface area contributed by atoms with E-state index < -0.39 is 15.9 Å². The number of aromatic nitrogens is 3. The molecule has 3 aromatic rings. The molecule has 1 saturated heterocycles. The number of aromatic amines is 1. The second-order valence-corrected chi connectivity index (χ2v) is 10.9. The molecule has 8 nitrogen and oxygen atoms in total. The van der Waals surface area contributed by atoms with Crippen molar-refractivity contribution in [2.75, 3.05) is 18.4 Å². The highest BCUT2D eigenvalue weighted by atomic mass is 35.5. The lowest BCUT2D eigenvalue weighted by Crippen LogP contribution is -2.43. The fraction of sp³-hybridized carbons (Fsp3) is 0.348. The van der Waals surface area contributed by atoms with Crippen LogP contribution in [0.4, 0.5) is 5.69 Å². The van der Waals surface area contributed by atoms with Crippen LogP contribution >= 0.6 is 11.6 Å². The fourth-order valence-electron chi connectivity index (χ4n) is 4.05. The number of carbonyl (C=O) groups excluding carboxylic acids is 1. The van der Waals surface area contributed by atoms with E-state index in [-0.39, 0.29) is 17.3 Å². The number of rotatable bonds is 6. The standard InChI is InChI=1S/C23H24ClN5O3S/c24-18-8-10-20(11-9-18)33(31,32)29-12-2-4-17(14-29)23(30)25-19-5-1-3-16(13-19)22-26-21(27-28-22)15-6-7-15/h1,3,5,8-11,13,15,17H,2,4,6-7,12,14H2,(H,25,30)(H,26,27,28). The van der Waals surface area contributed by atoms with Gasteiger partial charge in [-0.3, -0.25) is 9.89 Å². The largest absolute Gasteiger partial charge is 0.326 e. The molecule has 1 aromatic heterocycles. The summed E-state index contributed by atoms with van der Waals surface area (Å²) < 4.78 is 27.4. The Kier molecular flexibility index (Phi) is 5.94. The Morgan fingerprint density at radius 3 is 2.67 bits per heavy atom.